The second kappa shape index (κ2) is 5.24. The molecule has 1 aliphatic heterocycles. The van der Waals surface area contributed by atoms with Crippen molar-refractivity contribution in [1.82, 2.24) is 0 Å². The van der Waals surface area contributed by atoms with Crippen molar-refractivity contribution in [3.63, 3.8) is 0 Å². The Balaban J connectivity index is 1.98. The van der Waals surface area contributed by atoms with Crippen molar-refractivity contribution in [2.75, 3.05) is 12.0 Å². The number of rotatable bonds is 3. The first-order chi connectivity index (χ1) is 10.1. The van der Waals surface area contributed by atoms with Crippen molar-refractivity contribution >= 4 is 11.6 Å². The molecule has 1 heterocycles. The Hall–Kier alpha value is -2.29. The summed E-state index contributed by atoms with van der Waals surface area (Å²) in [7, 11) is 1.64. The number of hydrogen-bond donors (Lipinski definition) is 0. The lowest BCUT2D eigenvalue weighted by Crippen LogP contribution is -2.23. The minimum Gasteiger partial charge on any atom is -0.497 e. The van der Waals surface area contributed by atoms with Gasteiger partial charge in [-0.3, -0.25) is 4.79 Å². The smallest absolute Gasteiger partial charge is 0.259 e. The van der Waals surface area contributed by atoms with E-state index in [1.165, 1.54) is 0 Å². The van der Waals surface area contributed by atoms with Gasteiger partial charge in [0, 0.05) is 11.3 Å². The molecular formula is C18H19NO2. The van der Waals surface area contributed by atoms with E-state index in [9.17, 15) is 4.79 Å². The van der Waals surface area contributed by atoms with Crippen LogP contribution in [0.25, 0.3) is 0 Å². The van der Waals surface area contributed by atoms with Crippen LogP contribution >= 0.6 is 0 Å². The largest absolute Gasteiger partial charge is 0.497 e. The van der Waals surface area contributed by atoms with Gasteiger partial charge in [0.1, 0.15) is 5.75 Å². The molecule has 2 aromatic carbocycles. The maximum atomic E-state index is 12.8. The highest BCUT2D eigenvalue weighted by molar-refractivity contribution is 6.11. The second-order valence-corrected chi connectivity index (χ2v) is 5.63. The number of fused-ring (bicyclic) bond motifs is 1. The summed E-state index contributed by atoms with van der Waals surface area (Å²) in [6, 6.07) is 13.8. The maximum absolute atomic E-state index is 12.8. The quantitative estimate of drug-likeness (QED) is 0.851. The van der Waals surface area contributed by atoms with Gasteiger partial charge >= 0.3 is 0 Å². The monoisotopic (exact) mass is 281 g/mol. The Morgan fingerprint density at radius 2 is 1.81 bits per heavy atom. The van der Waals surface area contributed by atoms with E-state index in [-0.39, 0.29) is 5.91 Å². The first-order valence-corrected chi connectivity index (χ1v) is 7.19. The summed E-state index contributed by atoms with van der Waals surface area (Å²) < 4.78 is 5.17. The topological polar surface area (TPSA) is 29.5 Å². The highest BCUT2D eigenvalue weighted by Crippen LogP contribution is 2.33. The van der Waals surface area contributed by atoms with Crippen molar-refractivity contribution in [3.05, 3.63) is 59.2 Å². The Morgan fingerprint density at radius 3 is 2.43 bits per heavy atom. The molecule has 0 radical (unpaired) electrons. The zero-order valence-corrected chi connectivity index (χ0v) is 12.6. The fraction of sp³-hybridized carbons (Fsp3) is 0.278. The third-order valence-electron chi connectivity index (χ3n) is 3.98. The average Bonchev–Trinajstić information content (AvgIpc) is 2.84. The molecule has 0 atom stereocenters. The molecule has 0 spiro atoms. The minimum absolute atomic E-state index is 0.0967. The van der Waals surface area contributed by atoms with Gasteiger partial charge in [0.2, 0.25) is 0 Å². The SMILES string of the molecule is COc1ccc(N2Cc3cccc(C(C)C)c3C2=O)cc1. The van der Waals surface area contributed by atoms with Crippen molar-refractivity contribution in [2.24, 2.45) is 0 Å². The van der Waals surface area contributed by atoms with E-state index in [0.29, 0.717) is 12.5 Å². The zero-order valence-electron chi connectivity index (χ0n) is 12.6. The van der Waals surface area contributed by atoms with Gasteiger partial charge in [0.15, 0.2) is 0 Å². The number of benzene rings is 2. The van der Waals surface area contributed by atoms with Gasteiger partial charge in [-0.25, -0.2) is 0 Å². The van der Waals surface area contributed by atoms with E-state index in [2.05, 4.69) is 19.9 Å². The number of hydrogen-bond acceptors (Lipinski definition) is 2. The maximum Gasteiger partial charge on any atom is 0.259 e. The van der Waals surface area contributed by atoms with E-state index < -0.39 is 0 Å². The summed E-state index contributed by atoms with van der Waals surface area (Å²) in [6.07, 6.45) is 0. The van der Waals surface area contributed by atoms with Crippen LogP contribution in [-0.4, -0.2) is 13.0 Å². The van der Waals surface area contributed by atoms with Crippen molar-refractivity contribution in [3.8, 4) is 5.75 Å². The Morgan fingerprint density at radius 1 is 1.10 bits per heavy atom. The van der Waals surface area contributed by atoms with E-state index in [0.717, 1.165) is 28.1 Å². The molecule has 0 saturated heterocycles. The van der Waals surface area contributed by atoms with Crippen LogP contribution in [0.5, 0.6) is 5.75 Å². The van der Waals surface area contributed by atoms with Crippen molar-refractivity contribution in [1.29, 1.82) is 0 Å². The molecule has 2 aromatic rings. The van der Waals surface area contributed by atoms with E-state index in [1.54, 1.807) is 7.11 Å². The molecule has 3 rings (SSSR count). The molecule has 3 heteroatoms. The molecular weight excluding hydrogens is 262 g/mol. The number of carbonyl (C=O) groups excluding carboxylic acids is 1. The Bertz CT molecular complexity index is 674. The Labute approximate surface area is 125 Å². The first-order valence-electron chi connectivity index (χ1n) is 7.19. The standard InChI is InChI=1S/C18H19NO2/c1-12(2)16-6-4-5-13-11-19(18(20)17(13)16)14-7-9-15(21-3)10-8-14/h4-10,12H,11H2,1-3H3. The number of methoxy groups -OCH3 is 1. The van der Waals surface area contributed by atoms with Gasteiger partial charge in [0.25, 0.3) is 5.91 Å². The minimum atomic E-state index is 0.0967. The van der Waals surface area contributed by atoms with E-state index >= 15 is 0 Å². The number of anilines is 1. The number of carbonyl (C=O) groups is 1. The molecule has 3 nitrogen and oxygen atoms in total. The number of nitrogens with zero attached hydrogens (tertiary/aromatic N) is 1. The molecule has 0 fully saturated rings. The van der Waals surface area contributed by atoms with E-state index in [1.807, 2.05) is 41.3 Å². The summed E-state index contributed by atoms with van der Waals surface area (Å²) in [6.45, 7) is 4.89. The highest BCUT2D eigenvalue weighted by Gasteiger charge is 2.31. The van der Waals surface area contributed by atoms with Gasteiger partial charge in [0.05, 0.1) is 13.7 Å². The lowest BCUT2D eigenvalue weighted by Gasteiger charge is -2.16. The summed E-state index contributed by atoms with van der Waals surface area (Å²) >= 11 is 0. The molecule has 1 amide bonds. The predicted octanol–water partition coefficient (Wildman–Crippen LogP) is 3.98. The van der Waals surface area contributed by atoms with Crippen LogP contribution in [0.2, 0.25) is 0 Å². The molecule has 0 aliphatic carbocycles. The summed E-state index contributed by atoms with van der Waals surface area (Å²) in [5.74, 6) is 1.24. The van der Waals surface area contributed by atoms with Gasteiger partial charge in [-0.2, -0.15) is 0 Å². The molecule has 0 N–H and O–H groups in total. The van der Waals surface area contributed by atoms with Crippen LogP contribution in [0.3, 0.4) is 0 Å². The van der Waals surface area contributed by atoms with Gasteiger partial charge in [-0.15, -0.1) is 0 Å². The second-order valence-electron chi connectivity index (χ2n) is 5.63. The third kappa shape index (κ3) is 2.29. The summed E-state index contributed by atoms with van der Waals surface area (Å²) in [5, 5.41) is 0. The van der Waals surface area contributed by atoms with Crippen LogP contribution in [0.15, 0.2) is 42.5 Å². The van der Waals surface area contributed by atoms with Gasteiger partial charge in [-0.1, -0.05) is 32.0 Å². The van der Waals surface area contributed by atoms with Crippen LogP contribution in [-0.2, 0) is 6.54 Å². The fourth-order valence-electron chi connectivity index (χ4n) is 2.84. The van der Waals surface area contributed by atoms with Gasteiger partial charge < -0.3 is 9.64 Å². The van der Waals surface area contributed by atoms with Crippen molar-refractivity contribution < 1.29 is 9.53 Å². The average molecular weight is 281 g/mol. The molecule has 0 saturated carbocycles. The normalized spacial score (nSPS) is 13.7. The molecule has 0 aromatic heterocycles. The van der Waals surface area contributed by atoms with Crippen LogP contribution in [0.4, 0.5) is 5.69 Å². The lowest BCUT2D eigenvalue weighted by atomic mass is 9.95. The molecule has 108 valence electrons. The zero-order chi connectivity index (χ0) is 15.0. The molecule has 21 heavy (non-hydrogen) atoms. The molecule has 0 unspecified atom stereocenters. The highest BCUT2D eigenvalue weighted by atomic mass is 16.5. The molecule has 1 aliphatic rings. The van der Waals surface area contributed by atoms with Crippen molar-refractivity contribution in [2.45, 2.75) is 26.3 Å². The predicted molar refractivity (Wildman–Crippen MR) is 84.0 cm³/mol. The number of amides is 1. The molecule has 0 bridgehead atoms. The first kappa shape index (κ1) is 13.7. The summed E-state index contributed by atoms with van der Waals surface area (Å²) in [4.78, 5) is 14.6. The third-order valence-corrected chi connectivity index (χ3v) is 3.98. The summed E-state index contributed by atoms with van der Waals surface area (Å²) in [5.41, 5.74) is 4.03. The number of ether oxygens (including phenoxy) is 1. The van der Waals surface area contributed by atoms with E-state index in [4.69, 9.17) is 4.74 Å². The fourth-order valence-corrected chi connectivity index (χ4v) is 2.84. The van der Waals surface area contributed by atoms with Gasteiger partial charge in [-0.05, 0) is 41.3 Å². The van der Waals surface area contributed by atoms with Crippen LogP contribution < -0.4 is 9.64 Å². The lowest BCUT2D eigenvalue weighted by molar-refractivity contribution is 0.0995. The Kier molecular flexibility index (Phi) is 3.42. The van der Waals surface area contributed by atoms with Crippen LogP contribution in [0.1, 0.15) is 41.3 Å². The van der Waals surface area contributed by atoms with Crippen LogP contribution in [0, 0.1) is 0 Å².